The van der Waals surface area contributed by atoms with Crippen LogP contribution in [0.25, 0.3) is 0 Å². The molecular weight excluding hydrogens is 348 g/mol. The van der Waals surface area contributed by atoms with Crippen LogP contribution in [0.4, 0.5) is 0 Å². The standard InChI is InChI=1S/C21H26O4S/c1-11-12-5-8-21(16(11)22)13(9-12)20-7-4-6-19(2,10-25-18(20)24)15(20)14(26-3)17(21)23/h12-15H,1,4-10H2,2-3H3/t12-,13?,14-,15?,19-,20+,21-/m0/s1. The highest BCUT2D eigenvalue weighted by atomic mass is 32.2. The lowest BCUT2D eigenvalue weighted by Crippen LogP contribution is -2.75. The first-order valence-corrected chi connectivity index (χ1v) is 11.1. The Hall–Kier alpha value is -1.10. The van der Waals surface area contributed by atoms with Crippen LogP contribution in [0.1, 0.15) is 45.4 Å². The topological polar surface area (TPSA) is 60.4 Å². The smallest absolute Gasteiger partial charge is 0.312 e. The Morgan fingerprint density at radius 3 is 2.69 bits per heavy atom. The summed E-state index contributed by atoms with van der Waals surface area (Å²) >= 11 is 1.54. The van der Waals surface area contributed by atoms with Crippen molar-refractivity contribution in [2.45, 2.75) is 50.7 Å². The number of esters is 1. The molecule has 0 radical (unpaired) electrons. The third-order valence-electron chi connectivity index (χ3n) is 8.63. The van der Waals surface area contributed by atoms with Gasteiger partial charge in [-0.3, -0.25) is 14.4 Å². The number of Topliss-reactive ketones (excluding diaryl/α,β-unsaturated/α-hetero) is 2. The lowest BCUT2D eigenvalue weighted by Gasteiger charge is -2.68. The molecule has 6 aliphatic rings. The van der Waals surface area contributed by atoms with Crippen molar-refractivity contribution in [2.24, 2.45) is 34.0 Å². The molecule has 0 aromatic rings. The zero-order chi connectivity index (χ0) is 18.5. The highest BCUT2D eigenvalue weighted by Gasteiger charge is 2.78. The van der Waals surface area contributed by atoms with Crippen molar-refractivity contribution in [3.63, 3.8) is 0 Å². The highest BCUT2D eigenvalue weighted by molar-refractivity contribution is 8.00. The van der Waals surface area contributed by atoms with Gasteiger partial charge in [0, 0.05) is 11.3 Å². The Balaban J connectivity index is 1.78. The van der Waals surface area contributed by atoms with Gasteiger partial charge in [-0.2, -0.15) is 11.8 Å². The van der Waals surface area contributed by atoms with Crippen LogP contribution in [-0.4, -0.2) is 35.6 Å². The molecule has 26 heavy (non-hydrogen) atoms. The monoisotopic (exact) mass is 374 g/mol. The minimum Gasteiger partial charge on any atom is -0.465 e. The molecule has 1 aliphatic heterocycles. The fraction of sp³-hybridized carbons (Fsp3) is 0.762. The van der Waals surface area contributed by atoms with Crippen LogP contribution in [-0.2, 0) is 19.1 Å². The van der Waals surface area contributed by atoms with Gasteiger partial charge in [-0.15, -0.1) is 0 Å². The van der Waals surface area contributed by atoms with Crippen molar-refractivity contribution in [3.05, 3.63) is 12.2 Å². The first-order chi connectivity index (χ1) is 12.3. The second-order valence-electron chi connectivity index (χ2n) is 9.47. The van der Waals surface area contributed by atoms with Crippen LogP contribution in [0.15, 0.2) is 12.2 Å². The minimum atomic E-state index is -1.02. The summed E-state index contributed by atoms with van der Waals surface area (Å²) in [7, 11) is 0. The van der Waals surface area contributed by atoms with Gasteiger partial charge in [-0.1, -0.05) is 19.9 Å². The lowest BCUT2D eigenvalue weighted by atomic mass is 9.35. The average Bonchev–Trinajstić information content (AvgIpc) is 2.63. The zero-order valence-corrected chi connectivity index (χ0v) is 16.3. The summed E-state index contributed by atoms with van der Waals surface area (Å²) in [5.74, 6) is -0.189. The lowest BCUT2D eigenvalue weighted by molar-refractivity contribution is -0.229. The summed E-state index contributed by atoms with van der Waals surface area (Å²) in [6.07, 6.45) is 6.87. The number of allylic oxidation sites excluding steroid dienone is 1. The van der Waals surface area contributed by atoms with Gasteiger partial charge in [0.05, 0.1) is 22.7 Å². The number of hydrogen-bond acceptors (Lipinski definition) is 5. The van der Waals surface area contributed by atoms with Gasteiger partial charge in [0.15, 0.2) is 11.6 Å². The molecule has 2 unspecified atom stereocenters. The molecule has 5 saturated carbocycles. The second-order valence-corrected chi connectivity index (χ2v) is 10.5. The maximum absolute atomic E-state index is 13.8. The molecule has 4 bridgehead atoms. The number of carbonyl (C=O) groups is 3. The summed E-state index contributed by atoms with van der Waals surface area (Å²) in [6, 6.07) is 0. The third kappa shape index (κ3) is 1.60. The van der Waals surface area contributed by atoms with Crippen LogP contribution in [0, 0.1) is 34.0 Å². The van der Waals surface area contributed by atoms with Crippen molar-refractivity contribution in [3.8, 4) is 0 Å². The van der Waals surface area contributed by atoms with Crippen LogP contribution < -0.4 is 0 Å². The molecule has 0 aromatic carbocycles. The average molecular weight is 375 g/mol. The van der Waals surface area contributed by atoms with E-state index in [9.17, 15) is 14.4 Å². The maximum atomic E-state index is 13.8. The highest BCUT2D eigenvalue weighted by Crippen LogP contribution is 2.72. The SMILES string of the molecule is C=C1C(=O)[C@]23CC[C@H]1CC2[C@@]12CCC[C@@](C)(COC1=O)C2[C@H](SC)C3=O. The predicted octanol–water partition coefficient (Wildman–Crippen LogP) is 3.19. The molecule has 6 rings (SSSR count). The molecule has 5 aliphatic carbocycles. The fourth-order valence-corrected chi connectivity index (χ4v) is 8.86. The summed E-state index contributed by atoms with van der Waals surface area (Å²) in [4.78, 5) is 40.5. The van der Waals surface area contributed by atoms with Crippen LogP contribution >= 0.6 is 11.8 Å². The Labute approximate surface area is 158 Å². The van der Waals surface area contributed by atoms with E-state index in [-0.39, 0.29) is 46.0 Å². The van der Waals surface area contributed by atoms with E-state index in [2.05, 4.69) is 13.5 Å². The molecule has 6 fully saturated rings. The molecule has 0 amide bonds. The van der Waals surface area contributed by atoms with Crippen LogP contribution in [0.3, 0.4) is 0 Å². The van der Waals surface area contributed by atoms with Gasteiger partial charge in [0.1, 0.15) is 0 Å². The molecule has 140 valence electrons. The van der Waals surface area contributed by atoms with E-state index in [4.69, 9.17) is 4.74 Å². The zero-order valence-electron chi connectivity index (χ0n) is 15.5. The Bertz CT molecular complexity index is 759. The molecule has 1 heterocycles. The number of thioether (sulfide) groups is 1. The summed E-state index contributed by atoms with van der Waals surface area (Å²) < 4.78 is 5.76. The second kappa shape index (κ2) is 5.03. The van der Waals surface area contributed by atoms with Crippen LogP contribution in [0.5, 0.6) is 0 Å². The predicted molar refractivity (Wildman–Crippen MR) is 98.6 cm³/mol. The Kier molecular flexibility index (Phi) is 3.30. The molecule has 1 spiro atoms. The van der Waals surface area contributed by atoms with Gasteiger partial charge in [-0.25, -0.2) is 0 Å². The van der Waals surface area contributed by atoms with E-state index in [1.54, 1.807) is 11.8 Å². The number of cyclic esters (lactones) is 1. The molecule has 1 saturated heterocycles. The van der Waals surface area contributed by atoms with Gasteiger partial charge < -0.3 is 4.74 Å². The van der Waals surface area contributed by atoms with Crippen molar-refractivity contribution in [1.29, 1.82) is 0 Å². The number of carbonyl (C=O) groups excluding carboxylic acids is 3. The first-order valence-electron chi connectivity index (χ1n) is 9.81. The quantitative estimate of drug-likeness (QED) is 0.401. The van der Waals surface area contributed by atoms with E-state index in [0.29, 0.717) is 18.6 Å². The maximum Gasteiger partial charge on any atom is 0.312 e. The Morgan fingerprint density at radius 2 is 1.96 bits per heavy atom. The summed E-state index contributed by atoms with van der Waals surface area (Å²) in [6.45, 7) is 6.64. The van der Waals surface area contributed by atoms with E-state index < -0.39 is 10.8 Å². The van der Waals surface area contributed by atoms with Crippen molar-refractivity contribution >= 4 is 29.3 Å². The van der Waals surface area contributed by atoms with Gasteiger partial charge in [0.25, 0.3) is 0 Å². The number of hydrogen-bond donors (Lipinski definition) is 0. The molecular formula is C21H26O4S. The first kappa shape index (κ1) is 17.0. The number of fused-ring (bicyclic) bond motifs is 2. The molecule has 5 heteroatoms. The number of rotatable bonds is 1. The molecule has 4 nitrogen and oxygen atoms in total. The van der Waals surface area contributed by atoms with Crippen molar-refractivity contribution in [2.75, 3.05) is 12.9 Å². The van der Waals surface area contributed by atoms with Gasteiger partial charge in [-0.05, 0) is 55.8 Å². The molecule has 0 N–H and O–H groups in total. The normalized spacial score (nSPS) is 52.4. The van der Waals surface area contributed by atoms with Crippen molar-refractivity contribution < 1.29 is 19.1 Å². The number of ketones is 2. The fourth-order valence-electron chi connectivity index (χ4n) is 7.59. The number of ether oxygens (including phenoxy) is 1. The van der Waals surface area contributed by atoms with E-state index in [0.717, 1.165) is 32.1 Å². The summed E-state index contributed by atoms with van der Waals surface area (Å²) in [5, 5.41) is -0.296. The molecule has 7 atom stereocenters. The molecule has 0 aromatic heterocycles. The summed E-state index contributed by atoms with van der Waals surface area (Å²) in [5.41, 5.74) is -1.22. The largest absolute Gasteiger partial charge is 0.465 e. The van der Waals surface area contributed by atoms with Crippen LogP contribution in [0.2, 0.25) is 0 Å². The third-order valence-corrected chi connectivity index (χ3v) is 9.62. The van der Waals surface area contributed by atoms with Gasteiger partial charge in [0.2, 0.25) is 0 Å². The van der Waals surface area contributed by atoms with E-state index in [1.807, 2.05) is 6.26 Å². The van der Waals surface area contributed by atoms with Crippen molar-refractivity contribution in [1.82, 2.24) is 0 Å². The minimum absolute atomic E-state index is 0.0106. The van der Waals surface area contributed by atoms with E-state index >= 15 is 0 Å². The van der Waals surface area contributed by atoms with Gasteiger partial charge >= 0.3 is 5.97 Å². The van der Waals surface area contributed by atoms with E-state index in [1.165, 1.54) is 0 Å². The Morgan fingerprint density at radius 1 is 1.19 bits per heavy atom.